The average Bonchev–Trinajstić information content (AvgIpc) is 2.95. The number of nitrogens with one attached hydrogen (secondary N) is 2. The van der Waals surface area contributed by atoms with Gasteiger partial charge in [0.25, 0.3) is 10.2 Å². The van der Waals surface area contributed by atoms with Crippen LogP contribution in [0.4, 0.5) is 13.2 Å². The lowest BCUT2D eigenvalue weighted by atomic mass is 9.96. The topological polar surface area (TPSA) is 187 Å². The Kier molecular flexibility index (Phi) is 11.5. The number of rotatable bonds is 15. The number of nitrogens with zero attached hydrogens (tertiary/aromatic N) is 2. The lowest BCUT2D eigenvalue weighted by molar-refractivity contribution is -0.137. The molecule has 1 aromatic heterocycles. The lowest BCUT2D eigenvalue weighted by Gasteiger charge is -2.23. The molecule has 0 unspecified atom stereocenters. The van der Waals surface area contributed by atoms with Gasteiger partial charge in [0.15, 0.2) is 5.78 Å². The van der Waals surface area contributed by atoms with Gasteiger partial charge >= 0.3 is 6.18 Å². The fourth-order valence-corrected chi connectivity index (χ4v) is 5.41. The number of carbonyl (C=O) groups excluding carboxylic acids is 2. The molecule has 8 N–H and O–H groups in total. The maximum Gasteiger partial charge on any atom is 0.416 e. The van der Waals surface area contributed by atoms with Gasteiger partial charge in [-0.2, -0.15) is 25.9 Å². The number of alkyl halides is 3. The van der Waals surface area contributed by atoms with Crippen molar-refractivity contribution < 1.29 is 31.2 Å². The summed E-state index contributed by atoms with van der Waals surface area (Å²) >= 11 is 0. The number of ketones is 1. The van der Waals surface area contributed by atoms with Gasteiger partial charge in [-0.05, 0) is 41.8 Å². The highest BCUT2D eigenvalue weighted by Crippen LogP contribution is 2.29. The van der Waals surface area contributed by atoms with Gasteiger partial charge < -0.3 is 22.5 Å². The summed E-state index contributed by atoms with van der Waals surface area (Å²) in [5.74, 6) is -1.27. The standard InChI is InChI=1S/C27H34F3N7O4S/c28-27(29,30)21-7-5-18(6-8-21)14-24(25(38)15-19-13-20-3-1-2-4-23(20)34-16-19)36-26(39)22(33)17-35-42(40,41)37(11-9-31)12-10-32/h1-8,13,16,22,24,35H,9-12,14-15,17,31-33H2,(H,36,39)/t22-,24+/m0/s1. The minimum absolute atomic E-state index is 0.00129. The van der Waals surface area contributed by atoms with E-state index < -0.39 is 52.3 Å². The number of hydrogen-bond donors (Lipinski definition) is 5. The number of amides is 1. The number of Topliss-reactive ketones (excluding diaryl/α,β-unsaturated/α-hetero) is 1. The minimum atomic E-state index is -4.53. The number of halogens is 3. The van der Waals surface area contributed by atoms with Crippen molar-refractivity contribution in [1.29, 1.82) is 0 Å². The van der Waals surface area contributed by atoms with Crippen molar-refractivity contribution in [2.24, 2.45) is 17.2 Å². The smallest absolute Gasteiger partial charge is 0.345 e. The quantitative estimate of drug-likeness (QED) is 0.165. The summed E-state index contributed by atoms with van der Waals surface area (Å²) in [4.78, 5) is 30.7. The normalized spacial score (nSPS) is 13.7. The first kappa shape index (κ1) is 33.0. The van der Waals surface area contributed by atoms with Gasteiger partial charge in [-0.15, -0.1) is 0 Å². The molecule has 228 valence electrons. The third kappa shape index (κ3) is 9.27. The Balaban J connectivity index is 1.76. The summed E-state index contributed by atoms with van der Waals surface area (Å²) in [6.07, 6.45) is -3.25. The average molecular weight is 610 g/mol. The molecule has 0 radical (unpaired) electrons. The Hall–Kier alpha value is -3.47. The number of fused-ring (bicyclic) bond motifs is 1. The Labute approximate surface area is 241 Å². The van der Waals surface area contributed by atoms with E-state index in [2.05, 4.69) is 15.0 Å². The number of nitrogens with two attached hydrogens (primary N) is 3. The van der Waals surface area contributed by atoms with Crippen molar-refractivity contribution in [3.63, 3.8) is 0 Å². The Morgan fingerprint density at radius 3 is 2.24 bits per heavy atom. The molecule has 2 atom stereocenters. The Morgan fingerprint density at radius 2 is 1.62 bits per heavy atom. The molecular formula is C27H34F3N7O4S. The zero-order chi connectivity index (χ0) is 30.9. The van der Waals surface area contributed by atoms with E-state index in [-0.39, 0.29) is 39.0 Å². The summed E-state index contributed by atoms with van der Waals surface area (Å²) < 4.78 is 67.5. The second kappa shape index (κ2) is 14.6. The summed E-state index contributed by atoms with van der Waals surface area (Å²) in [6.45, 7) is -0.389. The van der Waals surface area contributed by atoms with E-state index >= 15 is 0 Å². The molecular weight excluding hydrogens is 575 g/mol. The summed E-state index contributed by atoms with van der Waals surface area (Å²) in [6, 6.07) is 10.8. The van der Waals surface area contributed by atoms with Crippen LogP contribution in [0.25, 0.3) is 10.9 Å². The molecule has 3 rings (SSSR count). The van der Waals surface area contributed by atoms with Gasteiger partial charge in [0.2, 0.25) is 5.91 Å². The van der Waals surface area contributed by atoms with Crippen molar-refractivity contribution in [1.82, 2.24) is 19.3 Å². The maximum absolute atomic E-state index is 13.4. The monoisotopic (exact) mass is 609 g/mol. The van der Waals surface area contributed by atoms with Crippen LogP contribution in [0.5, 0.6) is 0 Å². The second-order valence-electron chi connectivity index (χ2n) is 9.58. The van der Waals surface area contributed by atoms with E-state index in [9.17, 15) is 31.2 Å². The molecule has 1 amide bonds. The van der Waals surface area contributed by atoms with Crippen LogP contribution in [0.3, 0.4) is 0 Å². The first-order valence-corrected chi connectivity index (χ1v) is 14.5. The highest BCUT2D eigenvalue weighted by Gasteiger charge is 2.31. The van der Waals surface area contributed by atoms with Crippen molar-refractivity contribution in [3.8, 4) is 0 Å². The van der Waals surface area contributed by atoms with Gasteiger partial charge in [0.1, 0.15) is 0 Å². The fourth-order valence-electron chi connectivity index (χ4n) is 4.15. The van der Waals surface area contributed by atoms with Gasteiger partial charge in [-0.1, -0.05) is 30.3 Å². The molecule has 1 heterocycles. The van der Waals surface area contributed by atoms with Crippen LogP contribution in [0.2, 0.25) is 0 Å². The molecule has 0 bridgehead atoms. The van der Waals surface area contributed by atoms with Crippen molar-refractivity contribution in [2.75, 3.05) is 32.7 Å². The van der Waals surface area contributed by atoms with E-state index in [0.29, 0.717) is 11.1 Å². The SMILES string of the molecule is NCCN(CCN)S(=O)(=O)NC[C@H](N)C(=O)N[C@H](Cc1ccc(C(F)(F)F)cc1)C(=O)Cc1cnc2ccccc2c1. The summed E-state index contributed by atoms with van der Waals surface area (Å²) in [7, 11) is -4.05. The van der Waals surface area contributed by atoms with Crippen molar-refractivity contribution >= 4 is 32.8 Å². The van der Waals surface area contributed by atoms with Crippen LogP contribution in [0.1, 0.15) is 16.7 Å². The van der Waals surface area contributed by atoms with Gasteiger partial charge in [0, 0.05) is 50.7 Å². The largest absolute Gasteiger partial charge is 0.416 e. The third-order valence-electron chi connectivity index (χ3n) is 6.37. The lowest BCUT2D eigenvalue weighted by Crippen LogP contribution is -2.55. The molecule has 3 aromatic rings. The van der Waals surface area contributed by atoms with Crippen LogP contribution >= 0.6 is 0 Å². The zero-order valence-electron chi connectivity index (χ0n) is 22.7. The summed E-state index contributed by atoms with van der Waals surface area (Å²) in [5.41, 5.74) is 17.7. The number of benzene rings is 2. The van der Waals surface area contributed by atoms with Gasteiger partial charge in [0.05, 0.1) is 23.2 Å². The minimum Gasteiger partial charge on any atom is -0.345 e. The molecule has 0 saturated carbocycles. The van der Waals surface area contributed by atoms with E-state index in [0.717, 1.165) is 27.3 Å². The highest BCUT2D eigenvalue weighted by molar-refractivity contribution is 7.87. The molecule has 0 aliphatic heterocycles. The molecule has 0 aliphatic rings. The molecule has 0 spiro atoms. The number of pyridine rings is 1. The highest BCUT2D eigenvalue weighted by atomic mass is 32.2. The molecule has 0 fully saturated rings. The Morgan fingerprint density at radius 1 is 0.976 bits per heavy atom. The van der Waals surface area contributed by atoms with Gasteiger partial charge in [-0.3, -0.25) is 14.6 Å². The second-order valence-corrected chi connectivity index (χ2v) is 11.3. The molecule has 15 heteroatoms. The fraction of sp³-hybridized carbons (Fsp3) is 0.370. The number of aromatic nitrogens is 1. The van der Waals surface area contributed by atoms with Crippen LogP contribution in [-0.2, 0) is 38.8 Å². The van der Waals surface area contributed by atoms with E-state index in [1.54, 1.807) is 6.07 Å². The summed E-state index contributed by atoms with van der Waals surface area (Å²) in [5, 5.41) is 3.34. The molecule has 2 aromatic carbocycles. The number of carbonyl (C=O) groups is 2. The van der Waals surface area contributed by atoms with Crippen LogP contribution < -0.4 is 27.2 Å². The van der Waals surface area contributed by atoms with E-state index in [4.69, 9.17) is 17.2 Å². The molecule has 42 heavy (non-hydrogen) atoms. The van der Waals surface area contributed by atoms with Crippen LogP contribution in [-0.4, -0.2) is 74.2 Å². The predicted octanol–water partition coefficient (Wildman–Crippen LogP) is 0.474. The number of hydrogen-bond acceptors (Lipinski definition) is 8. The molecule has 0 saturated heterocycles. The zero-order valence-corrected chi connectivity index (χ0v) is 23.5. The van der Waals surface area contributed by atoms with E-state index in [1.165, 1.54) is 18.3 Å². The van der Waals surface area contributed by atoms with Gasteiger partial charge in [-0.25, -0.2) is 4.72 Å². The molecule has 11 nitrogen and oxygen atoms in total. The van der Waals surface area contributed by atoms with Crippen LogP contribution in [0.15, 0.2) is 60.8 Å². The first-order chi connectivity index (χ1) is 19.8. The van der Waals surface area contributed by atoms with Crippen molar-refractivity contribution in [3.05, 3.63) is 77.5 Å². The third-order valence-corrected chi connectivity index (χ3v) is 7.95. The molecule has 0 aliphatic carbocycles. The number of para-hydroxylation sites is 1. The van der Waals surface area contributed by atoms with E-state index in [1.807, 2.05) is 24.3 Å². The van der Waals surface area contributed by atoms with Crippen molar-refractivity contribution in [2.45, 2.75) is 31.1 Å². The van der Waals surface area contributed by atoms with Crippen LogP contribution in [0, 0.1) is 0 Å². The maximum atomic E-state index is 13.4. The Bertz CT molecular complexity index is 1460. The first-order valence-electron chi connectivity index (χ1n) is 13.1. The predicted molar refractivity (Wildman–Crippen MR) is 152 cm³/mol.